The zero-order valence-electron chi connectivity index (χ0n) is 12.1. The number of hydrogen-bond donors (Lipinski definition) is 3. The first-order valence-corrected chi connectivity index (χ1v) is 7.51. The van der Waals surface area contributed by atoms with Crippen LogP contribution in [0, 0.1) is 5.92 Å². The number of hydrogen-bond acceptors (Lipinski definition) is 3. The molecule has 2 rings (SSSR count). The Morgan fingerprint density at radius 2 is 1.71 bits per heavy atom. The second kappa shape index (κ2) is 7.11. The summed E-state index contributed by atoms with van der Waals surface area (Å²) in [4.78, 5) is 23.6. The molecule has 1 amide bonds. The minimum atomic E-state index is -1.07. The summed E-state index contributed by atoms with van der Waals surface area (Å²) in [7, 11) is 0. The number of carboxylic acids is 1. The zero-order valence-corrected chi connectivity index (χ0v) is 12.1. The highest BCUT2D eigenvalue weighted by atomic mass is 16.4. The number of nitrogens with one attached hydrogen (secondary N) is 1. The van der Waals surface area contributed by atoms with Gasteiger partial charge in [-0.25, -0.2) is 4.79 Å². The Labute approximate surface area is 124 Å². The lowest BCUT2D eigenvalue weighted by atomic mass is 9.90. The molecule has 1 fully saturated rings. The largest absolute Gasteiger partial charge is 0.478 e. The molecule has 0 bridgehead atoms. The fourth-order valence-electron chi connectivity index (χ4n) is 2.80. The van der Waals surface area contributed by atoms with Crippen molar-refractivity contribution in [1.29, 1.82) is 0 Å². The molecular weight excluding hydrogens is 268 g/mol. The van der Waals surface area contributed by atoms with E-state index >= 15 is 0 Å². The molecule has 1 aromatic rings. The first kappa shape index (κ1) is 15.4. The summed E-state index contributed by atoms with van der Waals surface area (Å²) in [5.74, 6) is -1.19. The van der Waals surface area contributed by atoms with Gasteiger partial charge in [0.2, 0.25) is 5.91 Å². The third-order valence-electron chi connectivity index (χ3n) is 4.01. The molecule has 1 aromatic carbocycles. The summed E-state index contributed by atoms with van der Waals surface area (Å²) < 4.78 is 0. The maximum absolute atomic E-state index is 12.4. The number of carbonyl (C=O) groups is 2. The molecule has 0 saturated heterocycles. The number of aromatic carboxylic acids is 1. The molecule has 1 saturated carbocycles. The van der Waals surface area contributed by atoms with E-state index in [4.69, 9.17) is 10.8 Å². The van der Waals surface area contributed by atoms with Gasteiger partial charge in [0.1, 0.15) is 0 Å². The van der Waals surface area contributed by atoms with Crippen molar-refractivity contribution in [2.45, 2.75) is 44.9 Å². The number of anilines is 2. The Bertz CT molecular complexity index is 520. The minimum absolute atomic E-state index is 0.0339. The van der Waals surface area contributed by atoms with Crippen molar-refractivity contribution in [3.8, 4) is 0 Å². The summed E-state index contributed by atoms with van der Waals surface area (Å²) in [6.07, 6.45) is 7.44. The molecule has 0 unspecified atom stereocenters. The van der Waals surface area contributed by atoms with Gasteiger partial charge >= 0.3 is 5.97 Å². The summed E-state index contributed by atoms with van der Waals surface area (Å²) in [5, 5.41) is 11.9. The quantitative estimate of drug-likeness (QED) is 0.745. The molecule has 0 atom stereocenters. The summed E-state index contributed by atoms with van der Waals surface area (Å²) in [5.41, 5.74) is 6.48. The van der Waals surface area contributed by atoms with Gasteiger partial charge in [0.25, 0.3) is 0 Å². The first-order chi connectivity index (χ1) is 10.1. The Balaban J connectivity index is 2.10. The van der Waals surface area contributed by atoms with Crippen LogP contribution in [0.2, 0.25) is 0 Å². The average molecular weight is 290 g/mol. The third kappa shape index (κ3) is 4.21. The molecule has 0 radical (unpaired) electrons. The predicted octanol–water partition coefficient (Wildman–Crippen LogP) is 3.27. The van der Waals surface area contributed by atoms with Crippen molar-refractivity contribution in [2.75, 3.05) is 11.1 Å². The highest BCUT2D eigenvalue weighted by molar-refractivity contribution is 6.01. The SMILES string of the molecule is Nc1ccc(C(=O)O)c(NC(=O)C2CCCCCCC2)c1. The van der Waals surface area contributed by atoms with Gasteiger partial charge < -0.3 is 16.2 Å². The normalized spacial score (nSPS) is 16.8. The van der Waals surface area contributed by atoms with E-state index in [1.807, 2.05) is 0 Å². The van der Waals surface area contributed by atoms with Crippen molar-refractivity contribution >= 4 is 23.3 Å². The number of nitrogen functional groups attached to an aromatic ring is 1. The van der Waals surface area contributed by atoms with E-state index in [-0.39, 0.29) is 23.1 Å². The molecule has 1 aliphatic carbocycles. The van der Waals surface area contributed by atoms with E-state index in [9.17, 15) is 9.59 Å². The second-order valence-electron chi connectivity index (χ2n) is 5.64. The fraction of sp³-hybridized carbons (Fsp3) is 0.500. The summed E-state index contributed by atoms with van der Waals surface area (Å²) in [6, 6.07) is 4.45. The van der Waals surface area contributed by atoms with Crippen LogP contribution in [0.15, 0.2) is 18.2 Å². The molecule has 5 nitrogen and oxygen atoms in total. The Kier molecular flexibility index (Phi) is 5.20. The molecule has 1 aliphatic rings. The van der Waals surface area contributed by atoms with E-state index in [1.54, 1.807) is 0 Å². The van der Waals surface area contributed by atoms with Crippen LogP contribution in [-0.4, -0.2) is 17.0 Å². The Morgan fingerprint density at radius 1 is 1.10 bits per heavy atom. The maximum atomic E-state index is 12.4. The van der Waals surface area contributed by atoms with Gasteiger partial charge in [0.05, 0.1) is 11.3 Å². The van der Waals surface area contributed by atoms with Gasteiger partial charge in [0.15, 0.2) is 0 Å². The van der Waals surface area contributed by atoms with Crippen molar-refractivity contribution in [1.82, 2.24) is 0 Å². The van der Waals surface area contributed by atoms with Crippen LogP contribution in [0.4, 0.5) is 11.4 Å². The lowest BCUT2D eigenvalue weighted by molar-refractivity contribution is -0.120. The molecule has 0 aromatic heterocycles. The van der Waals surface area contributed by atoms with Gasteiger partial charge in [-0.3, -0.25) is 4.79 Å². The van der Waals surface area contributed by atoms with E-state index in [0.29, 0.717) is 5.69 Å². The van der Waals surface area contributed by atoms with Crippen molar-refractivity contribution in [3.63, 3.8) is 0 Å². The van der Waals surface area contributed by atoms with E-state index in [2.05, 4.69) is 5.32 Å². The van der Waals surface area contributed by atoms with E-state index in [1.165, 1.54) is 37.5 Å². The number of rotatable bonds is 3. The lowest BCUT2D eigenvalue weighted by Gasteiger charge is -2.19. The maximum Gasteiger partial charge on any atom is 0.337 e. The molecule has 0 aliphatic heterocycles. The standard InChI is InChI=1S/C16H22N2O3/c17-12-8-9-13(16(20)21)14(10-12)18-15(19)11-6-4-2-1-3-5-7-11/h8-11H,1-7,17H2,(H,18,19)(H,20,21). The van der Waals surface area contributed by atoms with Crippen LogP contribution >= 0.6 is 0 Å². The van der Waals surface area contributed by atoms with Crippen LogP contribution in [0.1, 0.15) is 55.3 Å². The van der Waals surface area contributed by atoms with Crippen LogP contribution in [0.25, 0.3) is 0 Å². The van der Waals surface area contributed by atoms with Crippen molar-refractivity contribution < 1.29 is 14.7 Å². The van der Waals surface area contributed by atoms with Gasteiger partial charge in [0, 0.05) is 11.6 Å². The Morgan fingerprint density at radius 3 is 2.33 bits per heavy atom. The van der Waals surface area contributed by atoms with Crippen LogP contribution < -0.4 is 11.1 Å². The molecule has 0 heterocycles. The number of amides is 1. The lowest BCUT2D eigenvalue weighted by Crippen LogP contribution is -2.24. The molecule has 21 heavy (non-hydrogen) atoms. The smallest absolute Gasteiger partial charge is 0.337 e. The summed E-state index contributed by atoms with van der Waals surface area (Å²) >= 11 is 0. The monoisotopic (exact) mass is 290 g/mol. The summed E-state index contributed by atoms with van der Waals surface area (Å²) in [6.45, 7) is 0. The molecule has 114 valence electrons. The zero-order chi connectivity index (χ0) is 15.2. The van der Waals surface area contributed by atoms with E-state index in [0.717, 1.165) is 25.7 Å². The predicted molar refractivity (Wildman–Crippen MR) is 82.3 cm³/mol. The molecule has 5 heteroatoms. The number of carbonyl (C=O) groups excluding carboxylic acids is 1. The van der Waals surface area contributed by atoms with Gasteiger partial charge in [-0.05, 0) is 31.0 Å². The van der Waals surface area contributed by atoms with Crippen LogP contribution in [-0.2, 0) is 4.79 Å². The number of nitrogens with two attached hydrogens (primary N) is 1. The molecular formula is C16H22N2O3. The molecule has 4 N–H and O–H groups in total. The fourth-order valence-corrected chi connectivity index (χ4v) is 2.80. The Hall–Kier alpha value is -2.04. The topological polar surface area (TPSA) is 92.4 Å². The number of benzene rings is 1. The highest BCUT2D eigenvalue weighted by Crippen LogP contribution is 2.25. The third-order valence-corrected chi connectivity index (χ3v) is 4.01. The van der Waals surface area contributed by atoms with Crippen molar-refractivity contribution in [3.05, 3.63) is 23.8 Å². The van der Waals surface area contributed by atoms with Crippen molar-refractivity contribution in [2.24, 2.45) is 5.92 Å². The number of carboxylic acid groups (broad SMARTS) is 1. The average Bonchev–Trinajstić information content (AvgIpc) is 2.37. The highest BCUT2D eigenvalue weighted by Gasteiger charge is 2.21. The van der Waals surface area contributed by atoms with Gasteiger partial charge in [-0.2, -0.15) is 0 Å². The van der Waals surface area contributed by atoms with Gasteiger partial charge in [-0.15, -0.1) is 0 Å². The first-order valence-electron chi connectivity index (χ1n) is 7.51. The molecule has 0 spiro atoms. The van der Waals surface area contributed by atoms with E-state index < -0.39 is 5.97 Å². The van der Waals surface area contributed by atoms with Gasteiger partial charge in [-0.1, -0.05) is 32.1 Å². The van der Waals surface area contributed by atoms with Crippen LogP contribution in [0.5, 0.6) is 0 Å². The minimum Gasteiger partial charge on any atom is -0.478 e. The van der Waals surface area contributed by atoms with Crippen LogP contribution in [0.3, 0.4) is 0 Å². The second-order valence-corrected chi connectivity index (χ2v) is 5.64.